The van der Waals surface area contributed by atoms with Crippen LogP contribution < -0.4 is 20.3 Å². The number of aromatic nitrogens is 1. The molecule has 1 aliphatic rings. The van der Waals surface area contributed by atoms with Gasteiger partial charge in [0.25, 0.3) is 15.9 Å². The molecule has 11 heteroatoms. The van der Waals surface area contributed by atoms with Crippen LogP contribution in [0.2, 0.25) is 0 Å². The van der Waals surface area contributed by atoms with Gasteiger partial charge in [-0.25, -0.2) is 8.42 Å². The number of carbonyl (C=O) groups excluding carboxylic acids is 3. The molecule has 2 heterocycles. The summed E-state index contributed by atoms with van der Waals surface area (Å²) in [6.45, 7) is 0.0979. The highest BCUT2D eigenvalue weighted by molar-refractivity contribution is 7.92. The first kappa shape index (κ1) is 24.0. The molecule has 4 rings (SSSR count). The van der Waals surface area contributed by atoms with Crippen molar-refractivity contribution in [3.8, 4) is 0 Å². The van der Waals surface area contributed by atoms with E-state index in [1.54, 1.807) is 59.5 Å². The van der Waals surface area contributed by atoms with Crippen LogP contribution in [0.4, 0.5) is 17.1 Å². The molecule has 0 aliphatic carbocycles. The lowest BCUT2D eigenvalue weighted by atomic mass is 10.2. The largest absolute Gasteiger partial charge is 0.364 e. The predicted octanol–water partition coefficient (Wildman–Crippen LogP) is 2.08. The monoisotopic (exact) mass is 495 g/mol. The quantitative estimate of drug-likeness (QED) is 0.493. The first-order valence-electron chi connectivity index (χ1n) is 10.9. The average Bonchev–Trinajstić information content (AvgIpc) is 3.44. The van der Waals surface area contributed by atoms with Crippen LogP contribution >= 0.6 is 0 Å². The van der Waals surface area contributed by atoms with Gasteiger partial charge in [-0.15, -0.1) is 0 Å². The lowest BCUT2D eigenvalue weighted by Gasteiger charge is -2.23. The zero-order valence-electron chi connectivity index (χ0n) is 19.0. The van der Waals surface area contributed by atoms with Gasteiger partial charge in [-0.05, 0) is 42.8 Å². The Bertz CT molecular complexity index is 1380. The third-order valence-corrected chi connectivity index (χ3v) is 7.41. The van der Waals surface area contributed by atoms with Crippen molar-refractivity contribution >= 4 is 44.8 Å². The normalized spacial score (nSPS) is 13.6. The Morgan fingerprint density at radius 3 is 2.46 bits per heavy atom. The van der Waals surface area contributed by atoms with Crippen LogP contribution in [0.15, 0.2) is 71.8 Å². The highest BCUT2D eigenvalue weighted by atomic mass is 32.2. The lowest BCUT2D eigenvalue weighted by molar-refractivity contribution is -0.117. The van der Waals surface area contributed by atoms with Crippen LogP contribution in [0.25, 0.3) is 0 Å². The van der Waals surface area contributed by atoms with Crippen LogP contribution in [0.5, 0.6) is 0 Å². The van der Waals surface area contributed by atoms with Crippen molar-refractivity contribution in [1.29, 1.82) is 0 Å². The molecule has 1 aliphatic heterocycles. The molecule has 1 aromatic heterocycles. The van der Waals surface area contributed by atoms with Crippen LogP contribution in [-0.2, 0) is 26.7 Å². The number of nitrogens with two attached hydrogens (primary N) is 1. The van der Waals surface area contributed by atoms with Gasteiger partial charge in [0.1, 0.15) is 17.1 Å². The van der Waals surface area contributed by atoms with E-state index in [9.17, 15) is 22.8 Å². The molecule has 0 saturated carbocycles. The summed E-state index contributed by atoms with van der Waals surface area (Å²) >= 11 is 0. The van der Waals surface area contributed by atoms with Gasteiger partial charge in [0, 0.05) is 37.6 Å². The summed E-state index contributed by atoms with van der Waals surface area (Å²) in [7, 11) is -2.70. The smallest absolute Gasteiger partial charge is 0.266 e. The highest BCUT2D eigenvalue weighted by Gasteiger charge is 2.29. The maximum absolute atomic E-state index is 13.5. The van der Waals surface area contributed by atoms with Gasteiger partial charge in [-0.1, -0.05) is 24.3 Å². The minimum Gasteiger partial charge on any atom is -0.364 e. The fourth-order valence-corrected chi connectivity index (χ4v) is 5.45. The van der Waals surface area contributed by atoms with Gasteiger partial charge in [0.05, 0.1) is 5.69 Å². The van der Waals surface area contributed by atoms with Crippen LogP contribution in [0.3, 0.4) is 0 Å². The summed E-state index contributed by atoms with van der Waals surface area (Å²) in [5, 5.41) is 2.72. The summed E-state index contributed by atoms with van der Waals surface area (Å²) in [4.78, 5) is 38.2. The first-order chi connectivity index (χ1) is 16.7. The van der Waals surface area contributed by atoms with Gasteiger partial charge in [-0.2, -0.15) is 0 Å². The second-order valence-electron chi connectivity index (χ2n) is 8.13. The van der Waals surface area contributed by atoms with E-state index in [0.717, 1.165) is 10.7 Å². The number of benzene rings is 2. The molecule has 0 atom stereocenters. The number of amides is 3. The number of aryl methyl sites for hydroxylation is 1. The first-order valence-corrected chi connectivity index (χ1v) is 12.3. The highest BCUT2D eigenvalue weighted by Crippen LogP contribution is 2.26. The summed E-state index contributed by atoms with van der Waals surface area (Å²) in [5.74, 6) is -1.32. The molecule has 0 unspecified atom stereocenters. The molecule has 10 nitrogen and oxygen atoms in total. The van der Waals surface area contributed by atoms with Crippen LogP contribution in [-0.4, -0.2) is 43.8 Å². The SMILES string of the molecule is Cn1cc(S(=O)(=O)N(CC(=O)Nc2cccc(N3CCCC3=O)c2)c2ccccc2)cc1C(N)=O. The van der Waals surface area contributed by atoms with Crippen molar-refractivity contribution in [3.05, 3.63) is 72.6 Å². The van der Waals surface area contributed by atoms with Crippen LogP contribution in [0.1, 0.15) is 23.3 Å². The van der Waals surface area contributed by atoms with Gasteiger partial charge in [0.15, 0.2) is 0 Å². The van der Waals surface area contributed by atoms with Gasteiger partial charge >= 0.3 is 0 Å². The molecule has 3 amide bonds. The minimum absolute atomic E-state index is 0.0213. The second-order valence-corrected chi connectivity index (χ2v) is 9.99. The topological polar surface area (TPSA) is 135 Å². The van der Waals surface area contributed by atoms with E-state index >= 15 is 0 Å². The Balaban J connectivity index is 1.60. The molecule has 35 heavy (non-hydrogen) atoms. The summed E-state index contributed by atoms with van der Waals surface area (Å²) < 4.78 is 29.3. The molecule has 182 valence electrons. The lowest BCUT2D eigenvalue weighted by Crippen LogP contribution is -2.38. The van der Waals surface area contributed by atoms with Crippen molar-refractivity contribution in [3.63, 3.8) is 0 Å². The molecule has 0 radical (unpaired) electrons. The van der Waals surface area contributed by atoms with E-state index in [-0.39, 0.29) is 22.2 Å². The van der Waals surface area contributed by atoms with Gasteiger partial charge in [-0.3, -0.25) is 18.7 Å². The van der Waals surface area contributed by atoms with Crippen molar-refractivity contribution in [1.82, 2.24) is 4.57 Å². The van der Waals surface area contributed by atoms with E-state index in [1.165, 1.54) is 23.9 Å². The number of hydrogen-bond acceptors (Lipinski definition) is 5. The standard InChI is InChI=1S/C24H25N5O5S/c1-27-15-20(14-21(27)24(25)32)35(33,34)29(18-8-3-2-4-9-18)16-22(30)26-17-7-5-10-19(13-17)28-12-6-11-23(28)31/h2-5,7-10,13-15H,6,11-12,16H2,1H3,(H2,25,32)(H,26,30). The van der Waals surface area contributed by atoms with Crippen molar-refractivity contribution in [2.24, 2.45) is 12.8 Å². The zero-order chi connectivity index (χ0) is 25.2. The van der Waals surface area contributed by atoms with Crippen molar-refractivity contribution in [2.45, 2.75) is 17.7 Å². The van der Waals surface area contributed by atoms with Crippen LogP contribution in [0, 0.1) is 0 Å². The number of nitrogens with one attached hydrogen (secondary N) is 1. The molecule has 1 fully saturated rings. The molecule has 2 aromatic carbocycles. The Labute approximate surface area is 203 Å². The molecule has 3 aromatic rings. The number of para-hydroxylation sites is 1. The maximum Gasteiger partial charge on any atom is 0.266 e. The number of sulfonamides is 1. The Hall–Kier alpha value is -4.12. The number of rotatable bonds is 8. The molecular formula is C24H25N5O5S. The third-order valence-electron chi connectivity index (χ3n) is 5.67. The van der Waals surface area contributed by atoms with Crippen molar-refractivity contribution < 1.29 is 22.8 Å². The average molecular weight is 496 g/mol. The molecule has 1 saturated heterocycles. The summed E-state index contributed by atoms with van der Waals surface area (Å²) in [5.41, 5.74) is 6.74. The zero-order valence-corrected chi connectivity index (χ0v) is 19.9. The third kappa shape index (κ3) is 5.04. The Kier molecular flexibility index (Phi) is 6.61. The van der Waals surface area contributed by atoms with E-state index in [0.29, 0.717) is 24.3 Å². The summed E-state index contributed by atoms with van der Waals surface area (Å²) in [6, 6.07) is 16.2. The Morgan fingerprint density at radius 1 is 1.09 bits per heavy atom. The predicted molar refractivity (Wildman–Crippen MR) is 132 cm³/mol. The minimum atomic E-state index is -4.21. The number of anilines is 3. The van der Waals surface area contributed by atoms with E-state index in [1.807, 2.05) is 0 Å². The molecule has 0 spiro atoms. The van der Waals surface area contributed by atoms with Crippen molar-refractivity contribution in [2.75, 3.05) is 27.6 Å². The Morgan fingerprint density at radius 2 is 1.83 bits per heavy atom. The van der Waals surface area contributed by atoms with E-state index in [4.69, 9.17) is 5.73 Å². The van der Waals surface area contributed by atoms with E-state index in [2.05, 4.69) is 5.32 Å². The summed E-state index contributed by atoms with van der Waals surface area (Å²) in [6.07, 6.45) is 2.54. The number of carbonyl (C=O) groups is 3. The van der Waals surface area contributed by atoms with Gasteiger partial charge < -0.3 is 20.5 Å². The number of nitrogens with zero attached hydrogens (tertiary/aromatic N) is 3. The molecular weight excluding hydrogens is 470 g/mol. The maximum atomic E-state index is 13.5. The van der Waals surface area contributed by atoms with Gasteiger partial charge in [0.2, 0.25) is 11.8 Å². The fraction of sp³-hybridized carbons (Fsp3) is 0.208. The fourth-order valence-electron chi connectivity index (χ4n) is 3.96. The second kappa shape index (κ2) is 9.63. The number of hydrogen-bond donors (Lipinski definition) is 2. The number of primary amides is 1. The van der Waals surface area contributed by atoms with E-state index < -0.39 is 28.4 Å². The molecule has 0 bridgehead atoms. The molecule has 3 N–H and O–H groups in total.